The molecule has 0 aliphatic carbocycles. The smallest absolute Gasteiger partial charge is 0.434 e. The van der Waals surface area contributed by atoms with Crippen LogP contribution in [0.15, 0.2) is 59.5 Å². The molecule has 0 saturated heterocycles. The first-order valence-electron chi connectivity index (χ1n) is 8.24. The fourth-order valence-corrected chi connectivity index (χ4v) is 3.87. The van der Waals surface area contributed by atoms with Crippen molar-refractivity contribution in [1.29, 1.82) is 0 Å². The summed E-state index contributed by atoms with van der Waals surface area (Å²) in [5, 5.41) is 0. The summed E-state index contributed by atoms with van der Waals surface area (Å²) in [6.07, 6.45) is -3.90. The highest BCUT2D eigenvalue weighted by atomic mass is 32.2. The molecular weight excluding hydrogens is 410 g/mol. The van der Waals surface area contributed by atoms with Crippen molar-refractivity contribution in [2.45, 2.75) is 11.1 Å². The molecule has 0 aliphatic heterocycles. The Hall–Kier alpha value is -2.94. The number of methoxy groups -OCH3 is 1. The van der Waals surface area contributed by atoms with Crippen molar-refractivity contribution >= 4 is 9.84 Å². The monoisotopic (exact) mass is 425 g/mol. The van der Waals surface area contributed by atoms with Crippen LogP contribution in [0.25, 0.3) is 22.3 Å². The highest BCUT2D eigenvalue weighted by Crippen LogP contribution is 2.44. The van der Waals surface area contributed by atoms with E-state index < -0.39 is 27.5 Å². The number of pyridine rings is 1. The molecule has 3 rings (SSSR count). The lowest BCUT2D eigenvalue weighted by molar-refractivity contribution is -0.140. The Labute approximate surface area is 164 Å². The Morgan fingerprint density at radius 1 is 0.966 bits per heavy atom. The van der Waals surface area contributed by atoms with Crippen LogP contribution in [-0.4, -0.2) is 26.8 Å². The minimum atomic E-state index is -4.87. The number of nitrogens with zero attached hydrogens (tertiary/aromatic N) is 1. The second-order valence-electron chi connectivity index (χ2n) is 6.21. The normalized spacial score (nSPS) is 12.1. The van der Waals surface area contributed by atoms with Gasteiger partial charge in [0.15, 0.2) is 15.5 Å². The molecule has 1 aromatic heterocycles. The van der Waals surface area contributed by atoms with E-state index in [0.717, 1.165) is 25.5 Å². The molecule has 0 aliphatic rings. The number of hydrogen-bond donors (Lipinski definition) is 0. The summed E-state index contributed by atoms with van der Waals surface area (Å²) in [7, 11) is -2.60. The van der Waals surface area contributed by atoms with E-state index in [9.17, 15) is 26.0 Å². The zero-order valence-corrected chi connectivity index (χ0v) is 16.1. The summed E-state index contributed by atoms with van der Waals surface area (Å²) >= 11 is 0. The van der Waals surface area contributed by atoms with Gasteiger partial charge in [0.2, 0.25) is 5.88 Å². The molecule has 0 atom stereocenters. The van der Waals surface area contributed by atoms with Crippen LogP contribution in [0.2, 0.25) is 0 Å². The molecule has 152 valence electrons. The van der Waals surface area contributed by atoms with Crippen molar-refractivity contribution < 1.29 is 30.7 Å². The third kappa shape index (κ3) is 4.24. The van der Waals surface area contributed by atoms with Crippen LogP contribution < -0.4 is 4.74 Å². The van der Waals surface area contributed by atoms with Crippen molar-refractivity contribution in [3.8, 4) is 28.1 Å². The molecular formula is C20H15F4NO3S. The molecule has 4 nitrogen and oxygen atoms in total. The van der Waals surface area contributed by atoms with E-state index in [0.29, 0.717) is 0 Å². The van der Waals surface area contributed by atoms with E-state index in [2.05, 4.69) is 4.98 Å². The van der Waals surface area contributed by atoms with Crippen LogP contribution in [0, 0.1) is 5.82 Å². The fourth-order valence-electron chi connectivity index (χ4n) is 2.96. The molecule has 0 radical (unpaired) electrons. The van der Waals surface area contributed by atoms with E-state index in [1.165, 1.54) is 42.5 Å². The average molecular weight is 425 g/mol. The molecule has 0 saturated carbocycles. The highest BCUT2D eigenvalue weighted by molar-refractivity contribution is 7.90. The van der Waals surface area contributed by atoms with Crippen LogP contribution in [0.3, 0.4) is 0 Å². The fraction of sp³-hybridized carbons (Fsp3) is 0.150. The zero-order valence-electron chi connectivity index (χ0n) is 15.3. The number of alkyl halides is 3. The molecule has 0 fully saturated rings. The Kier molecular flexibility index (Phi) is 5.36. The minimum Gasteiger partial charge on any atom is -0.481 e. The molecule has 0 unspecified atom stereocenters. The van der Waals surface area contributed by atoms with E-state index in [-0.39, 0.29) is 33.0 Å². The summed E-state index contributed by atoms with van der Waals surface area (Å²) in [4.78, 5) is 3.40. The van der Waals surface area contributed by atoms with Gasteiger partial charge in [-0.1, -0.05) is 30.3 Å². The van der Waals surface area contributed by atoms with Crippen LogP contribution in [0.1, 0.15) is 5.69 Å². The largest absolute Gasteiger partial charge is 0.481 e. The lowest BCUT2D eigenvalue weighted by atomic mass is 9.93. The SMILES string of the molecule is COc1cc(-c2ccccc2S(C)(=O)=O)c(-c2ccc(F)cc2)c(C(F)(F)F)n1. The topological polar surface area (TPSA) is 56.3 Å². The predicted molar refractivity (Wildman–Crippen MR) is 99.7 cm³/mol. The van der Waals surface area contributed by atoms with E-state index in [1.54, 1.807) is 0 Å². The first kappa shape index (κ1) is 20.8. The zero-order chi connectivity index (χ0) is 21.4. The maximum absolute atomic E-state index is 13.8. The van der Waals surface area contributed by atoms with Gasteiger partial charge in [-0.05, 0) is 29.3 Å². The second-order valence-corrected chi connectivity index (χ2v) is 8.19. The molecule has 0 spiro atoms. The van der Waals surface area contributed by atoms with Gasteiger partial charge in [-0.15, -0.1) is 0 Å². The minimum absolute atomic E-state index is 0.0344. The van der Waals surface area contributed by atoms with Crippen molar-refractivity contribution in [1.82, 2.24) is 4.98 Å². The summed E-state index contributed by atoms with van der Waals surface area (Å²) in [5.41, 5.74) is -1.58. The van der Waals surface area contributed by atoms with E-state index in [1.807, 2.05) is 0 Å². The summed E-state index contributed by atoms with van der Waals surface area (Å²) < 4.78 is 84.3. The third-order valence-corrected chi connectivity index (χ3v) is 5.34. The van der Waals surface area contributed by atoms with Crippen LogP contribution in [-0.2, 0) is 16.0 Å². The standard InChI is InChI=1S/C20H15F4NO3S/c1-28-17-11-15(14-5-3-4-6-16(14)29(2,26)27)18(19(25-17)20(22,23)24)12-7-9-13(21)10-8-12/h3-11H,1-2H3. The Morgan fingerprint density at radius 3 is 2.14 bits per heavy atom. The maximum atomic E-state index is 13.8. The number of hydrogen-bond acceptors (Lipinski definition) is 4. The van der Waals surface area contributed by atoms with Crippen molar-refractivity contribution in [3.63, 3.8) is 0 Å². The van der Waals surface area contributed by atoms with Gasteiger partial charge in [-0.25, -0.2) is 17.8 Å². The van der Waals surface area contributed by atoms with Crippen LogP contribution in [0.5, 0.6) is 5.88 Å². The van der Waals surface area contributed by atoms with Gasteiger partial charge >= 0.3 is 6.18 Å². The van der Waals surface area contributed by atoms with Gasteiger partial charge in [-0.2, -0.15) is 13.2 Å². The molecule has 29 heavy (non-hydrogen) atoms. The third-order valence-electron chi connectivity index (χ3n) is 4.18. The lowest BCUT2D eigenvalue weighted by Crippen LogP contribution is -2.12. The van der Waals surface area contributed by atoms with Gasteiger partial charge in [0.25, 0.3) is 0 Å². The lowest BCUT2D eigenvalue weighted by Gasteiger charge is -2.19. The Morgan fingerprint density at radius 2 is 1.59 bits per heavy atom. The molecule has 1 heterocycles. The van der Waals surface area contributed by atoms with E-state index >= 15 is 0 Å². The Bertz CT molecular complexity index is 1160. The molecule has 0 amide bonds. The predicted octanol–water partition coefficient (Wildman–Crippen LogP) is 4.99. The average Bonchev–Trinajstić information content (AvgIpc) is 2.66. The summed E-state index contributed by atoms with van der Waals surface area (Å²) in [5.74, 6) is -0.955. The number of benzene rings is 2. The van der Waals surface area contributed by atoms with Gasteiger partial charge < -0.3 is 4.74 Å². The van der Waals surface area contributed by atoms with Gasteiger partial charge in [0.05, 0.1) is 12.0 Å². The summed E-state index contributed by atoms with van der Waals surface area (Å²) in [6.45, 7) is 0. The number of halogens is 4. The molecule has 9 heteroatoms. The number of ether oxygens (including phenoxy) is 1. The maximum Gasteiger partial charge on any atom is 0.434 e. The number of rotatable bonds is 4. The molecule has 0 N–H and O–H groups in total. The molecule has 2 aromatic carbocycles. The van der Waals surface area contributed by atoms with Gasteiger partial charge in [0, 0.05) is 23.4 Å². The first-order valence-corrected chi connectivity index (χ1v) is 10.1. The van der Waals surface area contributed by atoms with Crippen LogP contribution >= 0.6 is 0 Å². The quantitative estimate of drug-likeness (QED) is 0.553. The van der Waals surface area contributed by atoms with Gasteiger partial charge in [0.1, 0.15) is 5.82 Å². The Balaban J connectivity index is 2.49. The highest BCUT2D eigenvalue weighted by Gasteiger charge is 2.38. The van der Waals surface area contributed by atoms with Gasteiger partial charge in [-0.3, -0.25) is 0 Å². The van der Waals surface area contributed by atoms with Crippen LogP contribution in [0.4, 0.5) is 17.6 Å². The molecule has 3 aromatic rings. The van der Waals surface area contributed by atoms with Crippen molar-refractivity contribution in [2.75, 3.05) is 13.4 Å². The first-order chi connectivity index (χ1) is 13.5. The van der Waals surface area contributed by atoms with Crippen molar-refractivity contribution in [3.05, 3.63) is 66.1 Å². The number of sulfone groups is 1. The van der Waals surface area contributed by atoms with E-state index in [4.69, 9.17) is 4.74 Å². The number of aromatic nitrogens is 1. The second kappa shape index (κ2) is 7.47. The molecule has 0 bridgehead atoms. The van der Waals surface area contributed by atoms with Crippen molar-refractivity contribution in [2.24, 2.45) is 0 Å². The summed E-state index contributed by atoms with van der Waals surface area (Å²) in [6, 6.07) is 11.3.